The average Bonchev–Trinajstić information content (AvgIpc) is 2.88. The van der Waals surface area contributed by atoms with E-state index in [0.29, 0.717) is 18.9 Å². The Kier molecular flexibility index (Phi) is 6.92. The van der Waals surface area contributed by atoms with Gasteiger partial charge >= 0.3 is 0 Å². The number of rotatable bonds is 8. The minimum Gasteiger partial charge on any atom is -0.381 e. The third-order valence-corrected chi connectivity index (χ3v) is 4.78. The fourth-order valence-electron chi connectivity index (χ4n) is 2.49. The van der Waals surface area contributed by atoms with Crippen molar-refractivity contribution in [3.8, 4) is 0 Å². The molecule has 2 amide bonds. The highest BCUT2D eigenvalue weighted by Gasteiger charge is 2.32. The predicted octanol–water partition coefficient (Wildman–Crippen LogP) is 3.04. The summed E-state index contributed by atoms with van der Waals surface area (Å²) in [4.78, 5) is 25.1. The van der Waals surface area contributed by atoms with Gasteiger partial charge < -0.3 is 15.0 Å². The first-order chi connectivity index (χ1) is 11.1. The molecule has 5 nitrogen and oxygen atoms in total. The number of carbonyl (C=O) groups is 2. The second-order valence-electron chi connectivity index (χ2n) is 5.52. The Morgan fingerprint density at radius 2 is 2.09 bits per heavy atom. The van der Waals surface area contributed by atoms with Crippen LogP contribution in [-0.2, 0) is 14.3 Å². The third kappa shape index (κ3) is 5.25. The zero-order chi connectivity index (χ0) is 16.7. The summed E-state index contributed by atoms with van der Waals surface area (Å²) in [6.07, 6.45) is 1.87. The first-order valence-electron chi connectivity index (χ1n) is 7.98. The molecule has 0 spiro atoms. The molecule has 1 saturated heterocycles. The van der Waals surface area contributed by atoms with Crippen LogP contribution in [-0.4, -0.2) is 42.2 Å². The van der Waals surface area contributed by atoms with E-state index in [2.05, 4.69) is 12.2 Å². The molecule has 0 saturated carbocycles. The van der Waals surface area contributed by atoms with Crippen molar-refractivity contribution in [3.63, 3.8) is 0 Å². The van der Waals surface area contributed by atoms with E-state index in [9.17, 15) is 9.59 Å². The van der Waals surface area contributed by atoms with Gasteiger partial charge in [-0.15, -0.1) is 11.8 Å². The molecule has 1 N–H and O–H groups in total. The van der Waals surface area contributed by atoms with Crippen LogP contribution in [0.2, 0.25) is 0 Å². The second kappa shape index (κ2) is 8.93. The molecule has 6 heteroatoms. The molecule has 0 bridgehead atoms. The maximum Gasteiger partial charge on any atom is 0.233 e. The van der Waals surface area contributed by atoms with E-state index < -0.39 is 0 Å². The lowest BCUT2D eigenvalue weighted by Crippen LogP contribution is -2.29. The molecule has 0 radical (unpaired) electrons. The summed E-state index contributed by atoms with van der Waals surface area (Å²) in [5.74, 6) is 0.617. The summed E-state index contributed by atoms with van der Waals surface area (Å²) in [6, 6.07) is 7.70. The van der Waals surface area contributed by atoms with E-state index in [4.69, 9.17) is 4.74 Å². The topological polar surface area (TPSA) is 58.6 Å². The number of benzene rings is 1. The SMILES string of the molecule is CCCOCCCN1C(=O)CSC1c1ccc(NC(C)=O)cc1. The van der Waals surface area contributed by atoms with Crippen LogP contribution in [0.25, 0.3) is 0 Å². The molecule has 1 aromatic rings. The number of hydrogen-bond acceptors (Lipinski definition) is 4. The Hall–Kier alpha value is -1.53. The van der Waals surface area contributed by atoms with Gasteiger partial charge in [0.15, 0.2) is 0 Å². The van der Waals surface area contributed by atoms with Gasteiger partial charge in [-0.25, -0.2) is 0 Å². The van der Waals surface area contributed by atoms with Gasteiger partial charge in [-0.3, -0.25) is 9.59 Å². The summed E-state index contributed by atoms with van der Waals surface area (Å²) in [6.45, 7) is 5.75. The number of ether oxygens (including phenoxy) is 1. The van der Waals surface area contributed by atoms with E-state index in [0.717, 1.165) is 30.7 Å². The van der Waals surface area contributed by atoms with Crippen LogP contribution in [0, 0.1) is 0 Å². The molecule has 23 heavy (non-hydrogen) atoms. The van der Waals surface area contributed by atoms with Crippen molar-refractivity contribution < 1.29 is 14.3 Å². The highest BCUT2D eigenvalue weighted by molar-refractivity contribution is 8.00. The molecule has 1 fully saturated rings. The number of amides is 2. The van der Waals surface area contributed by atoms with Crippen molar-refractivity contribution in [2.45, 2.75) is 32.1 Å². The van der Waals surface area contributed by atoms with Gasteiger partial charge in [0.2, 0.25) is 11.8 Å². The normalized spacial score (nSPS) is 17.6. The van der Waals surface area contributed by atoms with Gasteiger partial charge in [0.25, 0.3) is 0 Å². The largest absolute Gasteiger partial charge is 0.381 e. The van der Waals surface area contributed by atoms with Crippen molar-refractivity contribution in [2.75, 3.05) is 30.8 Å². The minimum absolute atomic E-state index is 0.0556. The quantitative estimate of drug-likeness (QED) is 0.741. The van der Waals surface area contributed by atoms with E-state index >= 15 is 0 Å². The summed E-state index contributed by atoms with van der Waals surface area (Å²) < 4.78 is 5.49. The molecule has 1 unspecified atom stereocenters. The Morgan fingerprint density at radius 3 is 2.74 bits per heavy atom. The van der Waals surface area contributed by atoms with Crippen molar-refractivity contribution in [1.82, 2.24) is 4.90 Å². The Morgan fingerprint density at radius 1 is 1.35 bits per heavy atom. The second-order valence-corrected chi connectivity index (χ2v) is 6.59. The van der Waals surface area contributed by atoms with Crippen LogP contribution >= 0.6 is 11.8 Å². The lowest BCUT2D eigenvalue weighted by molar-refractivity contribution is -0.128. The summed E-state index contributed by atoms with van der Waals surface area (Å²) in [5.41, 5.74) is 1.86. The molecule has 1 atom stereocenters. The fraction of sp³-hybridized carbons (Fsp3) is 0.529. The minimum atomic E-state index is -0.0862. The number of hydrogen-bond donors (Lipinski definition) is 1. The number of thioether (sulfide) groups is 1. The van der Waals surface area contributed by atoms with Crippen molar-refractivity contribution in [2.24, 2.45) is 0 Å². The van der Waals surface area contributed by atoms with Crippen molar-refractivity contribution >= 4 is 29.3 Å². The van der Waals surface area contributed by atoms with E-state index in [1.165, 1.54) is 6.92 Å². The maximum atomic E-state index is 12.1. The molecule has 0 aliphatic carbocycles. The lowest BCUT2D eigenvalue weighted by atomic mass is 10.2. The highest BCUT2D eigenvalue weighted by Crippen LogP contribution is 2.38. The van der Waals surface area contributed by atoms with E-state index in [1.54, 1.807) is 11.8 Å². The zero-order valence-corrected chi connectivity index (χ0v) is 14.5. The van der Waals surface area contributed by atoms with Gasteiger partial charge in [-0.1, -0.05) is 19.1 Å². The third-order valence-electron chi connectivity index (χ3n) is 3.52. The number of nitrogens with one attached hydrogen (secondary N) is 1. The van der Waals surface area contributed by atoms with Gasteiger partial charge in [-0.2, -0.15) is 0 Å². The van der Waals surface area contributed by atoms with Crippen LogP contribution in [0.5, 0.6) is 0 Å². The van der Waals surface area contributed by atoms with Gasteiger partial charge in [0.1, 0.15) is 5.37 Å². The highest BCUT2D eigenvalue weighted by atomic mass is 32.2. The first kappa shape index (κ1) is 17.8. The number of anilines is 1. The van der Waals surface area contributed by atoms with Crippen LogP contribution in [0.1, 0.15) is 37.6 Å². The van der Waals surface area contributed by atoms with Crippen LogP contribution in [0.15, 0.2) is 24.3 Å². The summed E-state index contributed by atoms with van der Waals surface area (Å²) >= 11 is 1.65. The molecule has 2 rings (SSSR count). The van der Waals surface area contributed by atoms with Crippen LogP contribution in [0.4, 0.5) is 5.69 Å². The van der Waals surface area contributed by atoms with Crippen LogP contribution in [0.3, 0.4) is 0 Å². The standard InChI is InChI=1S/C17H24N2O3S/c1-3-10-22-11-4-9-19-16(21)12-23-17(19)14-5-7-15(8-6-14)18-13(2)20/h5-8,17H,3-4,9-12H2,1-2H3,(H,18,20). The van der Waals surface area contributed by atoms with Gasteiger partial charge in [0.05, 0.1) is 5.75 Å². The molecule has 1 aliphatic rings. The molecular formula is C17H24N2O3S. The molecule has 0 aromatic heterocycles. The molecule has 1 aromatic carbocycles. The molecule has 126 valence electrons. The van der Waals surface area contributed by atoms with Crippen molar-refractivity contribution in [1.29, 1.82) is 0 Å². The first-order valence-corrected chi connectivity index (χ1v) is 9.03. The molecular weight excluding hydrogens is 312 g/mol. The Bertz CT molecular complexity index is 533. The van der Waals surface area contributed by atoms with E-state index in [1.807, 2.05) is 29.2 Å². The van der Waals surface area contributed by atoms with Gasteiger partial charge in [0, 0.05) is 32.4 Å². The lowest BCUT2D eigenvalue weighted by Gasteiger charge is -2.24. The number of nitrogens with zero attached hydrogens (tertiary/aromatic N) is 1. The smallest absolute Gasteiger partial charge is 0.233 e. The maximum absolute atomic E-state index is 12.1. The monoisotopic (exact) mass is 336 g/mol. The number of carbonyl (C=O) groups excluding carboxylic acids is 2. The summed E-state index contributed by atoms with van der Waals surface area (Å²) in [7, 11) is 0. The van der Waals surface area contributed by atoms with Gasteiger partial charge in [-0.05, 0) is 30.5 Å². The zero-order valence-electron chi connectivity index (χ0n) is 13.7. The predicted molar refractivity (Wildman–Crippen MR) is 93.4 cm³/mol. The van der Waals surface area contributed by atoms with Crippen molar-refractivity contribution in [3.05, 3.63) is 29.8 Å². The fourth-order valence-corrected chi connectivity index (χ4v) is 3.71. The Labute approximate surface area is 141 Å². The molecule has 1 aliphatic heterocycles. The molecule has 1 heterocycles. The Balaban J connectivity index is 1.93. The van der Waals surface area contributed by atoms with E-state index in [-0.39, 0.29) is 17.2 Å². The average molecular weight is 336 g/mol. The van der Waals surface area contributed by atoms with Crippen LogP contribution < -0.4 is 5.32 Å². The summed E-state index contributed by atoms with van der Waals surface area (Å²) in [5, 5.41) is 2.81.